The van der Waals surface area contributed by atoms with Gasteiger partial charge in [-0.3, -0.25) is 4.90 Å². The van der Waals surface area contributed by atoms with Crippen molar-refractivity contribution in [2.24, 2.45) is 0 Å². The van der Waals surface area contributed by atoms with E-state index in [0.29, 0.717) is 5.75 Å². The molecule has 1 fully saturated rings. The highest BCUT2D eigenvalue weighted by molar-refractivity contribution is 5.94. The number of benzene rings is 3. The van der Waals surface area contributed by atoms with E-state index in [2.05, 4.69) is 77.7 Å². The van der Waals surface area contributed by atoms with E-state index in [1.165, 1.54) is 27.8 Å². The van der Waals surface area contributed by atoms with Crippen LogP contribution in [0, 0.1) is 0 Å². The molecule has 1 N–H and O–H groups in total. The second-order valence-electron chi connectivity index (χ2n) is 8.62. The van der Waals surface area contributed by atoms with Gasteiger partial charge in [-0.2, -0.15) is 0 Å². The molecule has 33 heavy (non-hydrogen) atoms. The molecule has 0 saturated carbocycles. The maximum atomic E-state index is 9.77. The number of ether oxygens (including phenoxy) is 1. The number of phenolic OH excluding ortho intramolecular Hbond substituents is 1. The number of hydrogen-bond acceptors (Lipinski definition) is 3. The highest BCUT2D eigenvalue weighted by Gasteiger charge is 2.22. The van der Waals surface area contributed by atoms with Crippen molar-refractivity contribution in [1.82, 2.24) is 4.90 Å². The Labute approximate surface area is 196 Å². The second kappa shape index (κ2) is 9.51. The van der Waals surface area contributed by atoms with Crippen molar-refractivity contribution in [3.05, 3.63) is 106 Å². The highest BCUT2D eigenvalue weighted by atomic mass is 16.5. The Balaban J connectivity index is 1.34. The van der Waals surface area contributed by atoms with Crippen molar-refractivity contribution >= 4 is 23.8 Å². The molecule has 1 aliphatic carbocycles. The highest BCUT2D eigenvalue weighted by Crippen LogP contribution is 2.38. The Hall–Kier alpha value is -3.56. The summed E-state index contributed by atoms with van der Waals surface area (Å²) in [5.41, 5.74) is 9.31. The van der Waals surface area contributed by atoms with Gasteiger partial charge in [0.2, 0.25) is 0 Å². The standard InChI is InChI=1S/C30H29NO2/c1-33-29-21-22(12-15-28(29)32)7-6-18-31-19-16-25(17-20-31)30-26-10-4-2-8-23(26)13-14-24-9-3-5-11-27(24)30/h2-15,21,32H,16-20H2,1H3. The zero-order valence-electron chi connectivity index (χ0n) is 19.0. The first-order chi connectivity index (χ1) is 16.2. The zero-order chi connectivity index (χ0) is 22.6. The minimum absolute atomic E-state index is 0.170. The third-order valence-corrected chi connectivity index (χ3v) is 6.59. The first-order valence-electron chi connectivity index (χ1n) is 11.6. The number of hydrogen-bond donors (Lipinski definition) is 1. The van der Waals surface area contributed by atoms with Crippen LogP contribution in [0.25, 0.3) is 23.8 Å². The van der Waals surface area contributed by atoms with E-state index < -0.39 is 0 Å². The third kappa shape index (κ3) is 4.50. The molecule has 0 aromatic heterocycles. The Morgan fingerprint density at radius 3 is 2.15 bits per heavy atom. The Morgan fingerprint density at radius 1 is 0.879 bits per heavy atom. The maximum Gasteiger partial charge on any atom is 0.161 e. The predicted molar refractivity (Wildman–Crippen MR) is 137 cm³/mol. The topological polar surface area (TPSA) is 32.7 Å². The average Bonchev–Trinajstić information content (AvgIpc) is 3.02. The minimum Gasteiger partial charge on any atom is -0.504 e. The number of aromatic hydroxyl groups is 1. The van der Waals surface area contributed by atoms with Crippen molar-refractivity contribution < 1.29 is 9.84 Å². The van der Waals surface area contributed by atoms with E-state index >= 15 is 0 Å². The fourth-order valence-electron chi connectivity index (χ4n) is 4.84. The number of likely N-dealkylation sites (tertiary alicyclic amines) is 1. The molecule has 3 nitrogen and oxygen atoms in total. The van der Waals surface area contributed by atoms with Crippen LogP contribution < -0.4 is 4.74 Å². The lowest BCUT2D eigenvalue weighted by molar-refractivity contribution is 0.284. The molecule has 1 saturated heterocycles. The summed E-state index contributed by atoms with van der Waals surface area (Å²) in [5.74, 6) is 0.674. The van der Waals surface area contributed by atoms with Gasteiger partial charge in [0.05, 0.1) is 7.11 Å². The van der Waals surface area contributed by atoms with Gasteiger partial charge in [-0.15, -0.1) is 0 Å². The first-order valence-corrected chi connectivity index (χ1v) is 11.6. The van der Waals surface area contributed by atoms with Crippen molar-refractivity contribution in [3.8, 4) is 11.5 Å². The molecule has 3 aromatic carbocycles. The quantitative estimate of drug-likeness (QED) is 0.397. The molecule has 0 amide bonds. The molecular formula is C30H29NO2. The fraction of sp³-hybridized carbons (Fsp3) is 0.200. The summed E-state index contributed by atoms with van der Waals surface area (Å²) < 4.78 is 5.21. The summed E-state index contributed by atoms with van der Waals surface area (Å²) in [5, 5.41) is 9.77. The molecule has 0 bridgehead atoms. The number of methoxy groups -OCH3 is 1. The number of phenols is 1. The van der Waals surface area contributed by atoms with Gasteiger partial charge in [-0.1, -0.05) is 84.5 Å². The molecule has 1 aliphatic heterocycles. The lowest BCUT2D eigenvalue weighted by Crippen LogP contribution is -2.31. The summed E-state index contributed by atoms with van der Waals surface area (Å²) in [6.07, 6.45) is 11.0. The van der Waals surface area contributed by atoms with E-state index in [0.717, 1.165) is 38.0 Å². The minimum atomic E-state index is 0.170. The van der Waals surface area contributed by atoms with Crippen molar-refractivity contribution in [3.63, 3.8) is 0 Å². The molecule has 1 heterocycles. The summed E-state index contributed by atoms with van der Waals surface area (Å²) in [7, 11) is 1.57. The van der Waals surface area contributed by atoms with E-state index in [4.69, 9.17) is 4.74 Å². The van der Waals surface area contributed by atoms with Crippen molar-refractivity contribution in [2.75, 3.05) is 26.7 Å². The number of piperidine rings is 1. The number of rotatable bonds is 4. The predicted octanol–water partition coefficient (Wildman–Crippen LogP) is 6.50. The van der Waals surface area contributed by atoms with Crippen LogP contribution in [0.1, 0.15) is 40.7 Å². The normalized spacial score (nSPS) is 15.9. The van der Waals surface area contributed by atoms with Crippen molar-refractivity contribution in [2.45, 2.75) is 12.8 Å². The lowest BCUT2D eigenvalue weighted by atomic mass is 9.86. The van der Waals surface area contributed by atoms with E-state index in [1.807, 2.05) is 12.1 Å². The van der Waals surface area contributed by atoms with Crippen LogP contribution in [0.4, 0.5) is 0 Å². The maximum absolute atomic E-state index is 9.77. The van der Waals surface area contributed by atoms with Gasteiger partial charge in [-0.05, 0) is 58.4 Å². The molecule has 0 unspecified atom stereocenters. The van der Waals surface area contributed by atoms with E-state index in [-0.39, 0.29) is 5.75 Å². The molecule has 166 valence electrons. The Kier molecular flexibility index (Phi) is 6.14. The third-order valence-electron chi connectivity index (χ3n) is 6.59. The Morgan fingerprint density at radius 2 is 1.52 bits per heavy atom. The molecule has 3 heteroatoms. The van der Waals surface area contributed by atoms with Crippen LogP contribution in [0.5, 0.6) is 11.5 Å². The van der Waals surface area contributed by atoms with Gasteiger partial charge in [0, 0.05) is 19.6 Å². The Bertz CT molecular complexity index is 1190. The largest absolute Gasteiger partial charge is 0.504 e. The van der Waals surface area contributed by atoms with Gasteiger partial charge in [-0.25, -0.2) is 0 Å². The molecular weight excluding hydrogens is 406 g/mol. The smallest absolute Gasteiger partial charge is 0.161 e. The van der Waals surface area contributed by atoms with Gasteiger partial charge < -0.3 is 9.84 Å². The molecule has 0 atom stereocenters. The average molecular weight is 436 g/mol. The van der Waals surface area contributed by atoms with Crippen LogP contribution in [-0.4, -0.2) is 36.8 Å². The summed E-state index contributed by atoms with van der Waals surface area (Å²) >= 11 is 0. The molecule has 0 radical (unpaired) electrons. The van der Waals surface area contributed by atoms with Gasteiger partial charge in [0.25, 0.3) is 0 Å². The van der Waals surface area contributed by atoms with Gasteiger partial charge in [0.15, 0.2) is 11.5 Å². The van der Waals surface area contributed by atoms with Gasteiger partial charge >= 0.3 is 0 Å². The van der Waals surface area contributed by atoms with Crippen LogP contribution in [-0.2, 0) is 0 Å². The fourth-order valence-corrected chi connectivity index (χ4v) is 4.84. The van der Waals surface area contributed by atoms with Crippen LogP contribution >= 0.6 is 0 Å². The summed E-state index contributed by atoms with van der Waals surface area (Å²) in [6, 6.07) is 23.0. The monoisotopic (exact) mass is 435 g/mol. The lowest BCUT2D eigenvalue weighted by Gasteiger charge is -2.29. The first kappa shape index (κ1) is 21.3. The van der Waals surface area contributed by atoms with Gasteiger partial charge in [0.1, 0.15) is 0 Å². The van der Waals surface area contributed by atoms with E-state index in [1.54, 1.807) is 18.7 Å². The molecule has 0 spiro atoms. The zero-order valence-corrected chi connectivity index (χ0v) is 19.0. The SMILES string of the molecule is COc1cc(C=CCN2CCC(=C3c4ccccc4C=Cc4ccccc43)CC2)ccc1O. The molecule has 3 aromatic rings. The molecule has 2 aliphatic rings. The molecule has 5 rings (SSSR count). The number of nitrogens with zero attached hydrogens (tertiary/aromatic N) is 1. The number of fused-ring (bicyclic) bond motifs is 2. The van der Waals surface area contributed by atoms with Crippen LogP contribution in [0.15, 0.2) is 78.4 Å². The second-order valence-corrected chi connectivity index (χ2v) is 8.62. The summed E-state index contributed by atoms with van der Waals surface area (Å²) in [4.78, 5) is 2.50. The van der Waals surface area contributed by atoms with Crippen LogP contribution in [0.2, 0.25) is 0 Å². The van der Waals surface area contributed by atoms with Crippen LogP contribution in [0.3, 0.4) is 0 Å². The van der Waals surface area contributed by atoms with Crippen molar-refractivity contribution in [1.29, 1.82) is 0 Å². The summed E-state index contributed by atoms with van der Waals surface area (Å²) in [6.45, 7) is 3.03. The van der Waals surface area contributed by atoms with E-state index in [9.17, 15) is 5.11 Å².